The Morgan fingerprint density at radius 3 is 1.56 bits per heavy atom. The van der Waals surface area contributed by atoms with Crippen molar-refractivity contribution in [3.63, 3.8) is 0 Å². The molecule has 2 aliphatic heterocycles. The Morgan fingerprint density at radius 2 is 1.14 bits per heavy atom. The van der Waals surface area contributed by atoms with Crippen LogP contribution in [-0.4, -0.2) is 161 Å². The number of hydrogen-bond acceptors (Lipinski definition) is 12. The van der Waals surface area contributed by atoms with E-state index in [1.807, 2.05) is 126 Å². The van der Waals surface area contributed by atoms with Gasteiger partial charge in [-0.1, -0.05) is 146 Å². The minimum atomic E-state index is -0.335. The van der Waals surface area contributed by atoms with Gasteiger partial charge in [0.25, 0.3) is 0 Å². The van der Waals surface area contributed by atoms with E-state index >= 15 is 0 Å². The molecule has 25 heteroatoms. The second kappa shape index (κ2) is 48.5. The van der Waals surface area contributed by atoms with Crippen LogP contribution >= 0.6 is 0 Å². The predicted molar refractivity (Wildman–Crippen MR) is 413 cm³/mol. The monoisotopic (exact) mass is 1390 g/mol. The third kappa shape index (κ3) is 36.2. The highest BCUT2D eigenvalue weighted by molar-refractivity contribution is 5.91. The summed E-state index contributed by atoms with van der Waals surface area (Å²) in [6.45, 7) is 44.3. The number of Topliss-reactive ketones (excluding diaryl/α,β-unsaturated/α-hetero) is 5. The first kappa shape index (κ1) is 100. The lowest BCUT2D eigenvalue weighted by Gasteiger charge is -2.48. The Bertz CT molecular complexity index is 2590. The van der Waals surface area contributed by atoms with Crippen molar-refractivity contribution in [1.29, 1.82) is 5.41 Å². The lowest BCUT2D eigenvalue weighted by Crippen LogP contribution is -2.81. The molecule has 4 fully saturated rings. The molecule has 0 aromatic heterocycles. The van der Waals surface area contributed by atoms with Crippen molar-refractivity contribution in [3.05, 3.63) is 29.8 Å². The maximum absolute atomic E-state index is 12.5. The van der Waals surface area contributed by atoms with Crippen molar-refractivity contribution >= 4 is 64.4 Å². The molecule has 26 N–H and O–H groups in total. The van der Waals surface area contributed by atoms with Crippen molar-refractivity contribution in [2.75, 3.05) is 32.7 Å². The van der Waals surface area contributed by atoms with Gasteiger partial charge < -0.3 is 43.4 Å². The number of nitrogens with two attached hydrogens (primary N) is 9. The molecule has 1 aromatic rings. The van der Waals surface area contributed by atoms with Crippen molar-refractivity contribution < 1.29 is 38.9 Å². The molecule has 1 aromatic carbocycles. The fourth-order valence-electron chi connectivity index (χ4n) is 12.4. The molecule has 4 unspecified atom stereocenters. The molecule has 2 heterocycles. The molecule has 98 heavy (non-hydrogen) atoms. The molecule has 2 aliphatic carbocycles. The van der Waals surface area contributed by atoms with E-state index in [9.17, 15) is 24.0 Å². The van der Waals surface area contributed by atoms with Crippen LogP contribution in [0.15, 0.2) is 29.3 Å². The van der Waals surface area contributed by atoms with Gasteiger partial charge in [-0.05, 0) is 128 Å². The first-order valence-corrected chi connectivity index (χ1v) is 34.2. The number of aliphatic imine (C=N–C) groups is 1. The zero-order chi connectivity index (χ0) is 71.5. The summed E-state index contributed by atoms with van der Waals surface area (Å²) in [5.74, 6) is 4.04. The van der Waals surface area contributed by atoms with Gasteiger partial charge in [0.2, 0.25) is 0 Å². The number of nitrogens with zero attached hydrogens (tertiary/aromatic N) is 3. The largest absolute Gasteiger partial charge is 0.370 e. The Kier molecular flexibility index (Phi) is 49.7. The van der Waals surface area contributed by atoms with Gasteiger partial charge in [-0.15, -0.1) is 0 Å². The normalized spacial score (nSPS) is 20.6. The lowest BCUT2D eigenvalue weighted by atomic mass is 9.63. The van der Waals surface area contributed by atoms with E-state index in [0.717, 1.165) is 88.9 Å². The summed E-state index contributed by atoms with van der Waals surface area (Å²) in [6, 6.07) is 8.73. The smallest absolute Gasteiger partial charge is 0.343 e. The van der Waals surface area contributed by atoms with Crippen LogP contribution in [-0.2, 0) is 24.0 Å². The van der Waals surface area contributed by atoms with E-state index in [-0.39, 0.29) is 168 Å². The van der Waals surface area contributed by atoms with Gasteiger partial charge in [0.15, 0.2) is 40.8 Å². The SMILES string of the molecule is C.C.C.C.C.CC(C)C(=O)[C@@H]1C(CC[NH+]=C(N)N)CCN1C(C)C.CC(C)NC1(C(=O)C(C)C)CC(C[NH+]=C(N)N)C1.CC(C)N[C@@H](CC1CCN(C(=N)N)C1)C(=O)C(C)C.CC(C)N[C@H](C(=O)C(C)C)C1CC1N=C(N)N.CC(C)N[C@H](C(=O)C(C)C)c1cccc([NH+]=C(N)N)c1. The number of likely N-dealkylation sites (tertiary alicyclic amines) is 2. The topological polar surface area (TPSA) is 452 Å². The molecule has 5 rings (SSSR count). The zero-order valence-corrected chi connectivity index (χ0v) is 60.8. The fraction of sp³-hybridized carbons (Fsp3) is 0.781. The number of carbonyl (C=O) groups is 5. The lowest BCUT2D eigenvalue weighted by molar-refractivity contribution is -0.472. The highest BCUT2D eigenvalue weighted by Crippen LogP contribution is 2.40. The molecule has 0 amide bonds. The third-order valence-electron chi connectivity index (χ3n) is 16.8. The molecule has 2 saturated heterocycles. The average molecular weight is 1390 g/mol. The minimum absolute atomic E-state index is 0. The van der Waals surface area contributed by atoms with Crippen LogP contribution in [0.1, 0.15) is 232 Å². The van der Waals surface area contributed by atoms with E-state index in [4.69, 9.17) is 57.0 Å². The molecule has 25 nitrogen and oxygen atoms in total. The van der Waals surface area contributed by atoms with Crippen LogP contribution in [0.3, 0.4) is 0 Å². The summed E-state index contributed by atoms with van der Waals surface area (Å²) in [6.07, 6.45) is 6.49. The first-order chi connectivity index (χ1) is 43.0. The number of benzene rings is 1. The van der Waals surface area contributed by atoms with Gasteiger partial charge in [-0.25, -0.2) is 9.98 Å². The standard InChI is InChI=1S/C15H24N4O.2C14H28N4O.C13H26N4O.C12H24N4O.5CH4/c1-9(2)14(20)13(18-10(3)4)11-6-5-7-12(8-11)19-15(16)17;1-9(2)13(19)12-11(5-7-17-14(15)16)6-8-18(12)10(3)4;1-9(2)13(19)12(17-10(3)4)7-11-5-6-18(8-11)14(15)16;1-8(2)11(18)13(17-9(3)4)5-10(6-13)7-16-12(14)15;1-6(2)11(17)10(15-7(3)4)8-5-9(8)16-12(13)14;;;;;/h5-10,13,18H,1-4H3,(H4,16,17,19);9-12H,5-8H2,1-4H3,(H4,15,16,17);9-12,17H,5-8H2,1-4H3,(H3,15,16);8-10,17H,5-7H2,1-4H3,(H4,14,15,16);6-10,15H,5H2,1-4H3,(H4,13,14,16);5*1H4/p+3/t13-;2*11?,12-;;8?,9?,10-;;;;;/m000.0...../s1. The second-order valence-corrected chi connectivity index (χ2v) is 29.1. The summed E-state index contributed by atoms with van der Waals surface area (Å²) in [4.78, 5) is 78.6. The van der Waals surface area contributed by atoms with Gasteiger partial charge in [-0.3, -0.25) is 78.7 Å². The molecule has 0 spiro atoms. The quantitative estimate of drug-likeness (QED) is 0.0388. The number of rotatable bonds is 30. The van der Waals surface area contributed by atoms with Gasteiger partial charge in [0.05, 0.1) is 54.5 Å². The van der Waals surface area contributed by atoms with Crippen LogP contribution in [0, 0.1) is 58.7 Å². The molecular formula is C73H153N20O5+3. The van der Waals surface area contributed by atoms with E-state index in [2.05, 4.69) is 87.7 Å². The van der Waals surface area contributed by atoms with E-state index in [1.165, 1.54) is 0 Å². The molecule has 0 radical (unpaired) electrons. The van der Waals surface area contributed by atoms with Crippen molar-refractivity contribution in [2.24, 2.45) is 110 Å². The summed E-state index contributed by atoms with van der Waals surface area (Å²) >= 11 is 0. The highest BCUT2D eigenvalue weighted by atomic mass is 16.1. The second-order valence-electron chi connectivity index (χ2n) is 29.1. The van der Waals surface area contributed by atoms with E-state index in [0.29, 0.717) is 47.4 Å². The molecular weight excluding hydrogens is 1240 g/mol. The summed E-state index contributed by atoms with van der Waals surface area (Å²) < 4.78 is 0. The molecule has 2 saturated carbocycles. The number of hydrogen-bond donors (Lipinski definition) is 17. The Balaban J connectivity index is -0.000000363. The highest BCUT2D eigenvalue weighted by Gasteiger charge is 2.51. The molecule has 572 valence electrons. The summed E-state index contributed by atoms with van der Waals surface area (Å²) in [7, 11) is 0. The van der Waals surface area contributed by atoms with Gasteiger partial charge in [-0.2, -0.15) is 0 Å². The number of guanidine groups is 5. The van der Waals surface area contributed by atoms with E-state index in [1.54, 1.807) is 0 Å². The van der Waals surface area contributed by atoms with Crippen molar-refractivity contribution in [3.8, 4) is 0 Å². The zero-order valence-electron chi connectivity index (χ0n) is 60.8. The Labute approximate surface area is 596 Å². The first-order valence-electron chi connectivity index (χ1n) is 34.2. The summed E-state index contributed by atoms with van der Waals surface area (Å²) in [5.41, 5.74) is 50.0. The molecule has 4 aliphatic rings. The Morgan fingerprint density at radius 1 is 0.612 bits per heavy atom. The average Bonchev–Trinajstić information content (AvgIpc) is 1.74. The fourth-order valence-corrected chi connectivity index (χ4v) is 12.4. The summed E-state index contributed by atoms with van der Waals surface area (Å²) in [5, 5.41) is 20.9. The van der Waals surface area contributed by atoms with Gasteiger partial charge in [0.1, 0.15) is 0 Å². The molecule has 8 atom stereocenters. The maximum Gasteiger partial charge on any atom is 0.343 e. The van der Waals surface area contributed by atoms with Crippen molar-refractivity contribution in [2.45, 2.75) is 287 Å². The van der Waals surface area contributed by atoms with E-state index < -0.39 is 0 Å². The van der Waals surface area contributed by atoms with Gasteiger partial charge in [0, 0.05) is 78.8 Å². The van der Waals surface area contributed by atoms with Crippen LogP contribution < -0.4 is 87.8 Å². The van der Waals surface area contributed by atoms with Crippen molar-refractivity contribution in [1.82, 2.24) is 31.1 Å². The number of nitrogens with one attached hydrogen (secondary N) is 8. The maximum atomic E-state index is 12.5. The predicted octanol–water partition coefficient (Wildman–Crippen LogP) is 2.31. The molecule has 0 bridgehead atoms. The van der Waals surface area contributed by atoms with Gasteiger partial charge >= 0.3 is 17.9 Å². The number of ketones is 5. The van der Waals surface area contributed by atoms with Crippen LogP contribution in [0.4, 0.5) is 5.69 Å². The van der Waals surface area contributed by atoms with Crippen LogP contribution in [0.5, 0.6) is 0 Å². The third-order valence-corrected chi connectivity index (χ3v) is 16.8. The Hall–Kier alpha value is -6.28. The van der Waals surface area contributed by atoms with Crippen LogP contribution in [0.25, 0.3) is 0 Å². The minimum Gasteiger partial charge on any atom is -0.370 e. The number of carbonyl (C=O) groups excluding carboxylic acids is 5. The van der Waals surface area contributed by atoms with Crippen LogP contribution in [0.2, 0.25) is 0 Å².